The number of hydrogen-bond acceptors (Lipinski definition) is 3. The first-order valence-electron chi connectivity index (χ1n) is 4.53. The second-order valence-corrected chi connectivity index (χ2v) is 4.10. The van der Waals surface area contributed by atoms with Gasteiger partial charge in [0, 0.05) is 11.1 Å². The van der Waals surface area contributed by atoms with E-state index in [1.165, 1.54) is 0 Å². The molecule has 0 aliphatic heterocycles. The molecule has 0 rings (SSSR count). The third-order valence-electron chi connectivity index (χ3n) is 1.29. The van der Waals surface area contributed by atoms with Gasteiger partial charge >= 0.3 is 5.97 Å². The minimum Gasteiger partial charge on any atom is -0.366 e. The first kappa shape index (κ1) is 12.2. The van der Waals surface area contributed by atoms with E-state index in [1.807, 2.05) is 27.7 Å². The van der Waals surface area contributed by atoms with Crippen molar-refractivity contribution in [2.45, 2.75) is 46.1 Å². The van der Waals surface area contributed by atoms with Crippen LogP contribution in [-0.2, 0) is 9.63 Å². The summed E-state index contributed by atoms with van der Waals surface area (Å²) in [7, 11) is 0. The van der Waals surface area contributed by atoms with Gasteiger partial charge in [-0.3, -0.25) is 0 Å². The molecule has 0 saturated heterocycles. The van der Waals surface area contributed by atoms with E-state index >= 15 is 0 Å². The lowest BCUT2D eigenvalue weighted by molar-refractivity contribution is -0.150. The summed E-state index contributed by atoms with van der Waals surface area (Å²) >= 11 is 0. The molecule has 0 atom stereocenters. The fraction of sp³-hybridized carbons (Fsp3) is 0.700. The molecule has 0 aliphatic rings. The molecule has 0 aromatic carbocycles. The number of rotatable bonds is 4. The van der Waals surface area contributed by atoms with Crippen LogP contribution >= 0.6 is 0 Å². The van der Waals surface area contributed by atoms with Crippen LogP contribution in [0.5, 0.6) is 0 Å². The number of carbonyl (C=O) groups excluding carboxylic acids is 1. The lowest BCUT2D eigenvalue weighted by Crippen LogP contribution is -2.37. The van der Waals surface area contributed by atoms with Crippen LogP contribution in [0.1, 0.15) is 40.5 Å². The fourth-order valence-electron chi connectivity index (χ4n) is 0.675. The van der Waals surface area contributed by atoms with Crippen molar-refractivity contribution in [2.75, 3.05) is 0 Å². The van der Waals surface area contributed by atoms with Crippen LogP contribution in [-0.4, -0.2) is 11.5 Å². The van der Waals surface area contributed by atoms with Crippen LogP contribution in [0.3, 0.4) is 0 Å². The molecule has 0 spiro atoms. The second kappa shape index (κ2) is 5.02. The molecule has 13 heavy (non-hydrogen) atoms. The normalized spacial score (nSPS) is 11.1. The minimum absolute atomic E-state index is 0.220. The fourth-order valence-corrected chi connectivity index (χ4v) is 0.675. The van der Waals surface area contributed by atoms with Crippen molar-refractivity contribution in [3.63, 3.8) is 0 Å². The molecule has 3 heteroatoms. The minimum atomic E-state index is -0.364. The van der Waals surface area contributed by atoms with Crippen LogP contribution < -0.4 is 5.48 Å². The van der Waals surface area contributed by atoms with E-state index < -0.39 is 0 Å². The number of carbonyl (C=O) groups is 1. The van der Waals surface area contributed by atoms with E-state index in [0.717, 1.165) is 6.42 Å². The van der Waals surface area contributed by atoms with E-state index in [2.05, 4.69) is 12.1 Å². The Kier molecular flexibility index (Phi) is 4.70. The molecule has 0 heterocycles. The maximum atomic E-state index is 11.2. The third-order valence-corrected chi connectivity index (χ3v) is 1.29. The van der Waals surface area contributed by atoms with Gasteiger partial charge in [-0.1, -0.05) is 19.9 Å². The average molecular weight is 185 g/mol. The number of hydrogen-bond donors (Lipinski definition) is 1. The molecule has 1 N–H and O–H groups in total. The topological polar surface area (TPSA) is 38.3 Å². The van der Waals surface area contributed by atoms with E-state index in [0.29, 0.717) is 12.0 Å². The standard InChI is InChI=1S/C10H19NO2/c1-6-7-8(2)9(12)13-11-10(3,4)5/h11H,2,6-7H2,1,3-5H3. The van der Waals surface area contributed by atoms with Crippen LogP contribution in [0.25, 0.3) is 0 Å². The maximum Gasteiger partial charge on any atom is 0.352 e. The summed E-state index contributed by atoms with van der Waals surface area (Å²) in [5, 5.41) is 0. The highest BCUT2D eigenvalue weighted by molar-refractivity contribution is 5.87. The van der Waals surface area contributed by atoms with Gasteiger partial charge in [0.05, 0.1) is 0 Å². The summed E-state index contributed by atoms with van der Waals surface area (Å²) in [5.74, 6) is -0.364. The highest BCUT2D eigenvalue weighted by Gasteiger charge is 2.14. The Bertz CT molecular complexity index is 192. The van der Waals surface area contributed by atoms with Gasteiger partial charge in [0.25, 0.3) is 0 Å². The molecular weight excluding hydrogens is 166 g/mol. The van der Waals surface area contributed by atoms with Crippen LogP contribution in [0.15, 0.2) is 12.2 Å². The van der Waals surface area contributed by atoms with E-state index in [-0.39, 0.29) is 11.5 Å². The van der Waals surface area contributed by atoms with Gasteiger partial charge in [-0.2, -0.15) is 0 Å². The maximum absolute atomic E-state index is 11.2. The van der Waals surface area contributed by atoms with Crippen LogP contribution in [0.2, 0.25) is 0 Å². The highest BCUT2D eigenvalue weighted by Crippen LogP contribution is 2.05. The molecule has 76 valence electrons. The third kappa shape index (κ3) is 6.34. The van der Waals surface area contributed by atoms with Gasteiger partial charge in [-0.25, -0.2) is 4.79 Å². The summed E-state index contributed by atoms with van der Waals surface area (Å²) in [5.41, 5.74) is 2.94. The molecule has 0 aliphatic carbocycles. The number of nitrogens with one attached hydrogen (secondary N) is 1. The summed E-state index contributed by atoms with van der Waals surface area (Å²) in [6.07, 6.45) is 1.59. The van der Waals surface area contributed by atoms with Crippen LogP contribution in [0, 0.1) is 0 Å². The van der Waals surface area contributed by atoms with Crippen molar-refractivity contribution in [1.29, 1.82) is 0 Å². The SMILES string of the molecule is C=C(CCC)C(=O)ONC(C)(C)C. The number of hydroxylamine groups is 1. The Hall–Kier alpha value is -0.830. The Morgan fingerprint density at radius 3 is 2.38 bits per heavy atom. The van der Waals surface area contributed by atoms with Crippen molar-refractivity contribution in [1.82, 2.24) is 5.48 Å². The predicted octanol–water partition coefficient (Wildman–Crippen LogP) is 2.19. The monoisotopic (exact) mass is 185 g/mol. The van der Waals surface area contributed by atoms with Gasteiger partial charge in [0.1, 0.15) is 0 Å². The van der Waals surface area contributed by atoms with Crippen molar-refractivity contribution in [2.24, 2.45) is 0 Å². The largest absolute Gasteiger partial charge is 0.366 e. The van der Waals surface area contributed by atoms with Gasteiger partial charge in [-0.15, -0.1) is 5.48 Å². The van der Waals surface area contributed by atoms with Crippen LogP contribution in [0.4, 0.5) is 0 Å². The summed E-state index contributed by atoms with van der Waals surface area (Å²) in [4.78, 5) is 16.0. The molecule has 0 amide bonds. The summed E-state index contributed by atoms with van der Waals surface area (Å²) < 4.78 is 0. The summed E-state index contributed by atoms with van der Waals surface area (Å²) in [6.45, 7) is 11.4. The Labute approximate surface area is 80.1 Å². The lowest BCUT2D eigenvalue weighted by Gasteiger charge is -2.19. The smallest absolute Gasteiger partial charge is 0.352 e. The van der Waals surface area contributed by atoms with Crippen molar-refractivity contribution >= 4 is 5.97 Å². The van der Waals surface area contributed by atoms with Gasteiger partial charge < -0.3 is 4.84 Å². The molecule has 0 unspecified atom stereocenters. The molecule has 0 saturated carbocycles. The molecule has 0 fully saturated rings. The zero-order valence-electron chi connectivity index (χ0n) is 8.94. The molecule has 0 bridgehead atoms. The Balaban J connectivity index is 3.82. The highest BCUT2D eigenvalue weighted by atomic mass is 16.7. The second-order valence-electron chi connectivity index (χ2n) is 4.10. The van der Waals surface area contributed by atoms with Gasteiger partial charge in [-0.05, 0) is 27.2 Å². The van der Waals surface area contributed by atoms with E-state index in [4.69, 9.17) is 4.84 Å². The van der Waals surface area contributed by atoms with E-state index in [1.54, 1.807) is 0 Å². The Morgan fingerprint density at radius 2 is 2.00 bits per heavy atom. The van der Waals surface area contributed by atoms with Crippen molar-refractivity contribution < 1.29 is 9.63 Å². The van der Waals surface area contributed by atoms with Gasteiger partial charge in [0.15, 0.2) is 0 Å². The zero-order chi connectivity index (χ0) is 10.5. The zero-order valence-corrected chi connectivity index (χ0v) is 8.94. The van der Waals surface area contributed by atoms with Crippen molar-refractivity contribution in [3.05, 3.63) is 12.2 Å². The molecule has 0 aromatic heterocycles. The van der Waals surface area contributed by atoms with E-state index in [9.17, 15) is 4.79 Å². The predicted molar refractivity (Wildman–Crippen MR) is 53.0 cm³/mol. The molecular formula is C10H19NO2. The summed E-state index contributed by atoms with van der Waals surface area (Å²) in [6, 6.07) is 0. The first-order valence-corrected chi connectivity index (χ1v) is 4.53. The first-order chi connectivity index (χ1) is 5.87. The molecule has 0 aromatic rings. The van der Waals surface area contributed by atoms with Gasteiger partial charge in [0.2, 0.25) is 0 Å². The Morgan fingerprint density at radius 1 is 1.46 bits per heavy atom. The average Bonchev–Trinajstić information content (AvgIpc) is 1.99. The quantitative estimate of drug-likeness (QED) is 0.539. The molecule has 0 radical (unpaired) electrons. The lowest BCUT2D eigenvalue weighted by atomic mass is 10.1. The van der Waals surface area contributed by atoms with Crippen molar-refractivity contribution in [3.8, 4) is 0 Å². The molecule has 3 nitrogen and oxygen atoms in total.